The number of carboxylic acid groups (broad SMARTS) is 1. The molecule has 0 radical (unpaired) electrons. The van der Waals surface area contributed by atoms with Gasteiger partial charge in [0.05, 0.1) is 0 Å². The zero-order valence-corrected chi connectivity index (χ0v) is 15.4. The summed E-state index contributed by atoms with van der Waals surface area (Å²) < 4.78 is 167. The van der Waals surface area contributed by atoms with Gasteiger partial charge >= 0.3 is 41.8 Å². The first-order chi connectivity index (χ1) is 13.2. The van der Waals surface area contributed by atoms with Gasteiger partial charge in [0, 0.05) is 12.8 Å². The molecule has 0 amide bonds. The fourth-order valence-corrected chi connectivity index (χ4v) is 2.90. The summed E-state index contributed by atoms with van der Waals surface area (Å²) in [6.07, 6.45) is -11.0. The summed E-state index contributed by atoms with van der Waals surface area (Å²) in [4.78, 5) is 10.2. The van der Waals surface area contributed by atoms with Gasteiger partial charge in [0.25, 0.3) is 0 Å². The monoisotopic (exact) mass is 494 g/mol. The van der Waals surface area contributed by atoms with Crippen molar-refractivity contribution in [3.8, 4) is 0 Å². The predicted octanol–water partition coefficient (Wildman–Crippen LogP) is 6.49. The van der Waals surface area contributed by atoms with Crippen molar-refractivity contribution < 1.29 is 67.0 Å². The van der Waals surface area contributed by atoms with Crippen LogP contribution < -0.4 is 0 Å². The zero-order valence-electron chi connectivity index (χ0n) is 14.6. The van der Waals surface area contributed by atoms with Gasteiger partial charge in [0.15, 0.2) is 0 Å². The number of carboxylic acids is 1. The summed E-state index contributed by atoms with van der Waals surface area (Å²) >= 11 is 0.981. The van der Waals surface area contributed by atoms with Gasteiger partial charge in [-0.3, -0.25) is 4.79 Å². The summed E-state index contributed by atoms with van der Waals surface area (Å²) in [5.74, 6) is -37.5. The highest BCUT2D eigenvalue weighted by atomic mass is 32.2. The number of halogens is 13. The summed E-state index contributed by atoms with van der Waals surface area (Å²) in [5, 5.41) is 8.35. The van der Waals surface area contributed by atoms with Crippen molar-refractivity contribution in [3.63, 3.8) is 0 Å². The molecular weight excluding hydrogens is 479 g/mol. The molecule has 0 aromatic carbocycles. The molecule has 0 saturated carbocycles. The highest BCUT2D eigenvalue weighted by Gasteiger charge is 2.90. The highest BCUT2D eigenvalue weighted by Crippen LogP contribution is 2.60. The van der Waals surface area contributed by atoms with E-state index in [0.717, 1.165) is 11.8 Å². The summed E-state index contributed by atoms with van der Waals surface area (Å²) in [5.41, 5.74) is 0. The molecule has 2 nitrogen and oxygen atoms in total. The van der Waals surface area contributed by atoms with Crippen LogP contribution in [0.2, 0.25) is 0 Å². The van der Waals surface area contributed by atoms with Crippen LogP contribution in [-0.4, -0.2) is 58.4 Å². The van der Waals surface area contributed by atoms with Crippen LogP contribution in [0.25, 0.3) is 0 Å². The third-order valence-electron chi connectivity index (χ3n) is 3.71. The maximum absolute atomic E-state index is 13.5. The molecule has 0 aliphatic rings. The van der Waals surface area contributed by atoms with E-state index in [-0.39, 0.29) is 30.8 Å². The van der Waals surface area contributed by atoms with Gasteiger partial charge in [-0.05, 0) is 30.8 Å². The molecule has 0 aromatic rings. The van der Waals surface area contributed by atoms with Crippen LogP contribution in [-0.2, 0) is 4.79 Å². The van der Waals surface area contributed by atoms with Gasteiger partial charge in [-0.15, -0.1) is 0 Å². The van der Waals surface area contributed by atoms with Crippen LogP contribution in [0.1, 0.15) is 32.1 Å². The van der Waals surface area contributed by atoms with Crippen molar-refractivity contribution in [3.05, 3.63) is 0 Å². The average Bonchev–Trinajstić information content (AvgIpc) is 2.55. The van der Waals surface area contributed by atoms with Crippen LogP contribution in [0.3, 0.4) is 0 Å². The number of hydrogen-bond donors (Lipinski definition) is 1. The molecule has 16 heteroatoms. The maximum atomic E-state index is 13.5. The van der Waals surface area contributed by atoms with Crippen molar-refractivity contribution in [1.29, 1.82) is 0 Å². The van der Waals surface area contributed by atoms with Crippen LogP contribution in [0.4, 0.5) is 57.1 Å². The molecule has 0 aliphatic heterocycles. The van der Waals surface area contributed by atoms with E-state index < -0.39 is 54.6 Å². The smallest absolute Gasteiger partial charge is 0.460 e. The van der Waals surface area contributed by atoms with Gasteiger partial charge in [-0.1, -0.05) is 0 Å². The van der Waals surface area contributed by atoms with Gasteiger partial charge in [-0.25, -0.2) is 0 Å². The quantitative estimate of drug-likeness (QED) is 0.235. The number of carbonyl (C=O) groups is 1. The van der Waals surface area contributed by atoms with Crippen LogP contribution in [0, 0.1) is 0 Å². The lowest BCUT2D eigenvalue weighted by Gasteiger charge is -2.39. The minimum Gasteiger partial charge on any atom is -0.481 e. The lowest BCUT2D eigenvalue weighted by molar-refractivity contribution is -0.440. The SMILES string of the molecule is O=C(O)CCCSCCCCC(F)(F)C(F)(F)C(F)(F)C(F)(F)C(F)(F)C(F)(F)F. The summed E-state index contributed by atoms with van der Waals surface area (Å²) in [6, 6.07) is 0. The molecule has 0 fully saturated rings. The topological polar surface area (TPSA) is 37.3 Å². The minimum atomic E-state index is -7.87. The standard InChI is InChI=1S/C14H15F13O2S/c15-9(16,5-1-2-6-30-7-3-4-8(28)29)10(17,18)11(19,20)12(21,22)13(23,24)14(25,26)27/h1-7H2,(H,28,29). The number of alkyl halides is 13. The lowest BCUT2D eigenvalue weighted by atomic mass is 9.92. The Bertz CT molecular complexity index is 575. The van der Waals surface area contributed by atoms with Crippen molar-refractivity contribution >= 4 is 17.7 Å². The normalized spacial score (nSPS) is 14.8. The van der Waals surface area contributed by atoms with E-state index in [2.05, 4.69) is 0 Å². The molecule has 0 saturated heterocycles. The molecule has 0 atom stereocenters. The first-order valence-corrected chi connectivity index (χ1v) is 9.07. The Balaban J connectivity index is 5.14. The molecule has 1 N–H and O–H groups in total. The molecule has 0 heterocycles. The first kappa shape index (κ1) is 28.9. The fraction of sp³-hybridized carbons (Fsp3) is 0.929. The van der Waals surface area contributed by atoms with E-state index >= 15 is 0 Å². The van der Waals surface area contributed by atoms with Crippen molar-refractivity contribution in [2.45, 2.75) is 67.9 Å². The van der Waals surface area contributed by atoms with E-state index in [9.17, 15) is 61.9 Å². The zero-order chi connectivity index (χ0) is 24.2. The minimum absolute atomic E-state index is 0.0417. The van der Waals surface area contributed by atoms with E-state index in [1.54, 1.807) is 0 Å². The number of rotatable bonds is 13. The Kier molecular flexibility index (Phi) is 9.24. The van der Waals surface area contributed by atoms with E-state index in [4.69, 9.17) is 5.11 Å². The van der Waals surface area contributed by atoms with Gasteiger partial charge in [-0.2, -0.15) is 68.8 Å². The molecular formula is C14H15F13O2S. The first-order valence-electron chi connectivity index (χ1n) is 7.92. The molecule has 180 valence electrons. The number of unbranched alkanes of at least 4 members (excludes halogenated alkanes) is 1. The number of thioether (sulfide) groups is 1. The molecule has 0 aliphatic carbocycles. The summed E-state index contributed by atoms with van der Waals surface area (Å²) in [7, 11) is 0. The third-order valence-corrected chi connectivity index (χ3v) is 4.86. The maximum Gasteiger partial charge on any atom is 0.460 e. The van der Waals surface area contributed by atoms with Gasteiger partial charge in [0.1, 0.15) is 0 Å². The number of hydrogen-bond acceptors (Lipinski definition) is 2. The van der Waals surface area contributed by atoms with Crippen molar-refractivity contribution in [2.24, 2.45) is 0 Å². The van der Waals surface area contributed by atoms with Crippen LogP contribution in [0.15, 0.2) is 0 Å². The van der Waals surface area contributed by atoms with Crippen molar-refractivity contribution in [2.75, 3.05) is 11.5 Å². The van der Waals surface area contributed by atoms with Crippen LogP contribution >= 0.6 is 11.8 Å². The molecule has 0 aromatic heterocycles. The average molecular weight is 494 g/mol. The van der Waals surface area contributed by atoms with E-state index in [0.29, 0.717) is 0 Å². The molecule has 0 unspecified atom stereocenters. The molecule has 0 rings (SSSR count). The Morgan fingerprint density at radius 3 is 1.50 bits per heavy atom. The predicted molar refractivity (Wildman–Crippen MR) is 78.8 cm³/mol. The highest BCUT2D eigenvalue weighted by molar-refractivity contribution is 7.99. The van der Waals surface area contributed by atoms with E-state index in [1.165, 1.54) is 0 Å². The second-order valence-corrected chi connectivity index (χ2v) is 7.29. The number of aliphatic carboxylic acids is 1. The second-order valence-electron chi connectivity index (χ2n) is 6.07. The summed E-state index contributed by atoms with van der Waals surface area (Å²) in [6.45, 7) is 0. The second kappa shape index (κ2) is 9.59. The molecule has 0 spiro atoms. The Morgan fingerprint density at radius 2 is 1.07 bits per heavy atom. The fourth-order valence-electron chi connectivity index (χ4n) is 1.94. The molecule has 0 bridgehead atoms. The van der Waals surface area contributed by atoms with Crippen molar-refractivity contribution in [1.82, 2.24) is 0 Å². The Morgan fingerprint density at radius 1 is 0.633 bits per heavy atom. The third kappa shape index (κ3) is 5.78. The van der Waals surface area contributed by atoms with Gasteiger partial charge in [0.2, 0.25) is 0 Å². The largest absolute Gasteiger partial charge is 0.481 e. The van der Waals surface area contributed by atoms with E-state index in [1.807, 2.05) is 0 Å². The molecule has 30 heavy (non-hydrogen) atoms. The van der Waals surface area contributed by atoms with Crippen LogP contribution in [0.5, 0.6) is 0 Å². The lowest BCUT2D eigenvalue weighted by Crippen LogP contribution is -2.70. The van der Waals surface area contributed by atoms with Gasteiger partial charge < -0.3 is 5.11 Å². The Hall–Kier alpha value is -1.09. The Labute approximate surface area is 165 Å².